The van der Waals surface area contributed by atoms with Crippen molar-refractivity contribution in [3.05, 3.63) is 65.5 Å². The van der Waals surface area contributed by atoms with Gasteiger partial charge in [0, 0.05) is 37.7 Å². The van der Waals surface area contributed by atoms with E-state index < -0.39 is 10.0 Å². The molecule has 1 atom stereocenters. The first-order valence-corrected chi connectivity index (χ1v) is 12.5. The number of carbonyl (C=O) groups excluding carboxylic acids is 1. The summed E-state index contributed by atoms with van der Waals surface area (Å²) in [4.78, 5) is 15.2. The average Bonchev–Trinajstić information content (AvgIpc) is 3.06. The third-order valence-electron chi connectivity index (χ3n) is 6.35. The van der Waals surface area contributed by atoms with E-state index in [1.54, 1.807) is 36.4 Å². The number of rotatable bonds is 4. The predicted molar refractivity (Wildman–Crippen MR) is 118 cm³/mol. The van der Waals surface area contributed by atoms with Crippen LogP contribution in [-0.4, -0.2) is 49.7 Å². The van der Waals surface area contributed by atoms with Gasteiger partial charge in [-0.1, -0.05) is 25.0 Å². The van der Waals surface area contributed by atoms with E-state index in [0.29, 0.717) is 31.7 Å². The van der Waals surface area contributed by atoms with Gasteiger partial charge in [0.1, 0.15) is 5.82 Å². The van der Waals surface area contributed by atoms with Gasteiger partial charge in [0.25, 0.3) is 5.91 Å². The van der Waals surface area contributed by atoms with Crippen molar-refractivity contribution >= 4 is 15.9 Å². The molecule has 2 aliphatic rings. The number of hydrogen-bond acceptors (Lipinski definition) is 3. The maximum absolute atomic E-state index is 13.3. The SMILES string of the molecule is O=C(c1ccc(S(=O)(=O)N2CCCCC2)cc1)N1CCCC[C@H](c2ccc(F)cc2)C1. The molecule has 5 nitrogen and oxygen atoms in total. The lowest BCUT2D eigenvalue weighted by atomic mass is 9.94. The fraction of sp³-hybridized carbons (Fsp3) is 0.458. The van der Waals surface area contributed by atoms with E-state index in [-0.39, 0.29) is 22.5 Å². The van der Waals surface area contributed by atoms with Crippen molar-refractivity contribution < 1.29 is 17.6 Å². The smallest absolute Gasteiger partial charge is 0.253 e. The lowest BCUT2D eigenvalue weighted by Gasteiger charge is -2.26. The number of amides is 1. The summed E-state index contributed by atoms with van der Waals surface area (Å²) in [5.41, 5.74) is 1.54. The highest BCUT2D eigenvalue weighted by Crippen LogP contribution is 2.28. The number of piperidine rings is 1. The Balaban J connectivity index is 1.48. The fourth-order valence-electron chi connectivity index (χ4n) is 4.54. The lowest BCUT2D eigenvalue weighted by molar-refractivity contribution is 0.0754. The van der Waals surface area contributed by atoms with Crippen LogP contribution in [0.3, 0.4) is 0 Å². The first-order valence-electron chi connectivity index (χ1n) is 11.1. The Morgan fingerprint density at radius 2 is 1.48 bits per heavy atom. The molecular formula is C24H29FN2O3S. The molecule has 2 aromatic rings. The normalized spacial score (nSPS) is 20.9. The van der Waals surface area contributed by atoms with Gasteiger partial charge in [0.05, 0.1) is 4.90 Å². The largest absolute Gasteiger partial charge is 0.338 e. The molecule has 2 aliphatic heterocycles. The van der Waals surface area contributed by atoms with Crippen molar-refractivity contribution in [3.8, 4) is 0 Å². The van der Waals surface area contributed by atoms with Gasteiger partial charge < -0.3 is 4.90 Å². The van der Waals surface area contributed by atoms with E-state index in [1.807, 2.05) is 4.90 Å². The Kier molecular flexibility index (Phi) is 6.72. The van der Waals surface area contributed by atoms with Crippen LogP contribution in [-0.2, 0) is 10.0 Å². The van der Waals surface area contributed by atoms with Gasteiger partial charge in [-0.05, 0) is 67.6 Å². The second-order valence-corrected chi connectivity index (χ2v) is 10.4. The van der Waals surface area contributed by atoms with Gasteiger partial charge in [-0.3, -0.25) is 4.79 Å². The topological polar surface area (TPSA) is 57.7 Å². The van der Waals surface area contributed by atoms with Crippen LogP contribution < -0.4 is 0 Å². The Labute approximate surface area is 183 Å². The van der Waals surface area contributed by atoms with Gasteiger partial charge in [0.15, 0.2) is 0 Å². The molecular weight excluding hydrogens is 415 g/mol. The van der Waals surface area contributed by atoms with Crippen molar-refractivity contribution in [3.63, 3.8) is 0 Å². The van der Waals surface area contributed by atoms with E-state index in [0.717, 1.165) is 44.1 Å². The van der Waals surface area contributed by atoms with Crippen molar-refractivity contribution in [1.82, 2.24) is 9.21 Å². The van der Waals surface area contributed by atoms with Crippen LogP contribution in [0.1, 0.15) is 60.4 Å². The van der Waals surface area contributed by atoms with Gasteiger partial charge in [-0.25, -0.2) is 12.8 Å². The Bertz CT molecular complexity index is 1000. The van der Waals surface area contributed by atoms with Crippen LogP contribution in [0.25, 0.3) is 0 Å². The molecule has 0 aromatic heterocycles. The van der Waals surface area contributed by atoms with Crippen molar-refractivity contribution in [2.45, 2.75) is 49.3 Å². The highest BCUT2D eigenvalue weighted by molar-refractivity contribution is 7.89. The van der Waals surface area contributed by atoms with Crippen molar-refractivity contribution in [1.29, 1.82) is 0 Å². The van der Waals surface area contributed by atoms with Crippen molar-refractivity contribution in [2.24, 2.45) is 0 Å². The van der Waals surface area contributed by atoms with Gasteiger partial charge in [0.2, 0.25) is 10.0 Å². The maximum atomic E-state index is 13.3. The summed E-state index contributed by atoms with van der Waals surface area (Å²) in [6.45, 7) is 2.37. The minimum absolute atomic E-state index is 0.0871. The molecule has 2 aromatic carbocycles. The van der Waals surface area contributed by atoms with E-state index in [4.69, 9.17) is 0 Å². The highest BCUT2D eigenvalue weighted by Gasteiger charge is 2.27. The van der Waals surface area contributed by atoms with Crippen LogP contribution in [0.15, 0.2) is 53.4 Å². The number of hydrogen-bond donors (Lipinski definition) is 0. The Hall–Kier alpha value is -2.25. The second-order valence-electron chi connectivity index (χ2n) is 8.48. The number of carbonyl (C=O) groups is 1. The number of sulfonamides is 1. The first kappa shape index (κ1) is 22.0. The van der Waals surface area contributed by atoms with Crippen LogP contribution in [0.2, 0.25) is 0 Å². The number of benzene rings is 2. The van der Waals surface area contributed by atoms with Crippen LogP contribution in [0.4, 0.5) is 4.39 Å². The molecule has 166 valence electrons. The molecule has 7 heteroatoms. The molecule has 0 bridgehead atoms. The maximum Gasteiger partial charge on any atom is 0.253 e. The zero-order valence-corrected chi connectivity index (χ0v) is 18.5. The number of nitrogens with zero attached hydrogens (tertiary/aromatic N) is 2. The first-order chi connectivity index (χ1) is 14.9. The Morgan fingerprint density at radius 1 is 0.839 bits per heavy atom. The molecule has 0 unspecified atom stereocenters. The second kappa shape index (κ2) is 9.49. The zero-order valence-electron chi connectivity index (χ0n) is 17.7. The molecule has 0 spiro atoms. The third kappa shape index (κ3) is 4.99. The molecule has 2 heterocycles. The predicted octanol–water partition coefficient (Wildman–Crippen LogP) is 4.41. The van der Waals surface area contributed by atoms with E-state index in [9.17, 15) is 17.6 Å². The van der Waals surface area contributed by atoms with Gasteiger partial charge >= 0.3 is 0 Å². The molecule has 2 saturated heterocycles. The minimum Gasteiger partial charge on any atom is -0.338 e. The van der Waals surface area contributed by atoms with Crippen molar-refractivity contribution in [2.75, 3.05) is 26.2 Å². The standard InChI is InChI=1S/C24H29FN2O3S/c25-22-11-7-19(8-12-22)21-6-2-5-15-26(18-21)24(28)20-9-13-23(14-10-20)31(29,30)27-16-3-1-4-17-27/h7-14,21H,1-6,15-18H2/t21-/m0/s1. The van der Waals surface area contributed by atoms with Crippen LogP contribution in [0, 0.1) is 5.82 Å². The van der Waals surface area contributed by atoms with Gasteiger partial charge in [-0.15, -0.1) is 0 Å². The molecule has 0 saturated carbocycles. The Morgan fingerprint density at radius 3 is 2.16 bits per heavy atom. The lowest BCUT2D eigenvalue weighted by Crippen LogP contribution is -2.36. The minimum atomic E-state index is -3.51. The van der Waals surface area contributed by atoms with E-state index in [2.05, 4.69) is 0 Å². The van der Waals surface area contributed by atoms with Crippen LogP contribution in [0.5, 0.6) is 0 Å². The summed E-state index contributed by atoms with van der Waals surface area (Å²) in [6, 6.07) is 12.9. The van der Waals surface area contributed by atoms with Crippen LogP contribution >= 0.6 is 0 Å². The summed E-state index contributed by atoms with van der Waals surface area (Å²) in [7, 11) is -3.51. The molecule has 0 radical (unpaired) electrons. The molecule has 0 N–H and O–H groups in total. The monoisotopic (exact) mass is 444 g/mol. The fourth-order valence-corrected chi connectivity index (χ4v) is 6.06. The summed E-state index contributed by atoms with van der Waals surface area (Å²) in [5, 5.41) is 0. The summed E-state index contributed by atoms with van der Waals surface area (Å²) < 4.78 is 40.5. The summed E-state index contributed by atoms with van der Waals surface area (Å²) in [5.74, 6) is -0.174. The van der Waals surface area contributed by atoms with Gasteiger partial charge in [-0.2, -0.15) is 4.31 Å². The molecule has 1 amide bonds. The average molecular weight is 445 g/mol. The number of halogens is 1. The summed E-state index contributed by atoms with van der Waals surface area (Å²) in [6.07, 6.45) is 5.74. The molecule has 31 heavy (non-hydrogen) atoms. The molecule has 4 rings (SSSR count). The number of likely N-dealkylation sites (tertiary alicyclic amines) is 1. The zero-order chi connectivity index (χ0) is 21.8. The molecule has 2 fully saturated rings. The molecule has 0 aliphatic carbocycles. The highest BCUT2D eigenvalue weighted by atomic mass is 32.2. The quantitative estimate of drug-likeness (QED) is 0.702. The van der Waals surface area contributed by atoms with E-state index >= 15 is 0 Å². The third-order valence-corrected chi connectivity index (χ3v) is 8.27. The van der Waals surface area contributed by atoms with E-state index in [1.165, 1.54) is 16.4 Å². The summed E-state index contributed by atoms with van der Waals surface area (Å²) >= 11 is 0.